The van der Waals surface area contributed by atoms with Gasteiger partial charge < -0.3 is 14.6 Å². The van der Waals surface area contributed by atoms with Crippen molar-refractivity contribution in [3.63, 3.8) is 0 Å². The number of aliphatic hydroxyl groups is 1. The van der Waals surface area contributed by atoms with E-state index in [9.17, 15) is 21.9 Å². The maximum absolute atomic E-state index is 11.3. The van der Waals surface area contributed by atoms with Crippen molar-refractivity contribution in [1.29, 1.82) is 0 Å². The highest BCUT2D eigenvalue weighted by atomic mass is 35.7. The van der Waals surface area contributed by atoms with E-state index in [1.165, 1.54) is 0 Å². The van der Waals surface area contributed by atoms with E-state index in [4.69, 9.17) is 36.9 Å². The third kappa shape index (κ3) is 16.7. The predicted octanol–water partition coefficient (Wildman–Crippen LogP) is 6.86. The molecule has 0 saturated carbocycles. The Morgan fingerprint density at radius 1 is 0.735 bits per heavy atom. The summed E-state index contributed by atoms with van der Waals surface area (Å²) in [6, 6.07) is 14.9. The summed E-state index contributed by atoms with van der Waals surface area (Å²) in [6.45, 7) is 16.1. The van der Waals surface area contributed by atoms with Gasteiger partial charge in [-0.1, -0.05) is 23.2 Å². The van der Waals surface area contributed by atoms with Gasteiger partial charge in [0.2, 0.25) is 9.05 Å². The molecule has 2 aromatic rings. The molecule has 2 atom stereocenters. The Hall–Kier alpha value is -1.35. The molecule has 2 aliphatic heterocycles. The SMILES string of the molecule is CC1(Oc2ccc(Cl)cc2)CCCN(C(C)(C)CO)C1.CC1(Oc2ccc(Cl)cc2)CCCN(C(C)(C)COS(C)(=O)=O)C1.CS(=O)(=O)Cl. The Kier molecular flexibility index (Phi) is 16.0. The van der Waals surface area contributed by atoms with Crippen LogP contribution in [-0.4, -0.2) is 106 Å². The number of hydrogen-bond donors (Lipinski definition) is 1. The Morgan fingerprint density at radius 2 is 1.08 bits per heavy atom. The monoisotopic (exact) mass is 786 g/mol. The first-order chi connectivity index (χ1) is 22.3. The van der Waals surface area contributed by atoms with Crippen LogP contribution < -0.4 is 9.47 Å². The van der Waals surface area contributed by atoms with Crippen molar-refractivity contribution in [2.45, 2.75) is 89.5 Å². The van der Waals surface area contributed by atoms with Gasteiger partial charge in [-0.25, -0.2) is 8.42 Å². The number of rotatable bonds is 10. The van der Waals surface area contributed by atoms with Gasteiger partial charge >= 0.3 is 0 Å². The average Bonchev–Trinajstić information content (AvgIpc) is 2.97. The van der Waals surface area contributed by atoms with Gasteiger partial charge in [-0.05, 0) is 129 Å². The van der Waals surface area contributed by atoms with E-state index in [0.29, 0.717) is 16.6 Å². The molecule has 1 N–H and O–H groups in total. The number of benzene rings is 2. The largest absolute Gasteiger partial charge is 0.486 e. The molecule has 0 aliphatic carbocycles. The van der Waals surface area contributed by atoms with Crippen LogP contribution in [0.2, 0.25) is 10.0 Å². The van der Waals surface area contributed by atoms with Gasteiger partial charge in [-0.3, -0.25) is 14.0 Å². The molecular weight excluding hydrogens is 735 g/mol. The first-order valence-electron chi connectivity index (χ1n) is 16.1. The standard InChI is InChI=1S/C17H26ClNO4S.C16H24ClNO2.CH3ClO2S/c1-16(2,13-22-24(4,20)21)19-11-5-10-17(3,12-19)23-15-8-6-14(18)7-9-15;1-15(2,12-19)18-10-4-9-16(3,11-18)20-14-7-5-13(17)6-8-14;1-5(2,3)4/h6-9H,5,10-13H2,1-4H3;5-8,19H,4,9-12H2,1-3H3;1H3. The Balaban J connectivity index is 0.000000303. The molecule has 2 aliphatic rings. The van der Waals surface area contributed by atoms with Gasteiger partial charge in [-0.2, -0.15) is 8.42 Å². The molecule has 0 bridgehead atoms. The second-order valence-electron chi connectivity index (χ2n) is 14.5. The lowest BCUT2D eigenvalue weighted by Crippen LogP contribution is -2.58. The number of nitrogens with zero attached hydrogens (tertiary/aromatic N) is 2. The van der Waals surface area contributed by atoms with Crippen LogP contribution in [0.1, 0.15) is 67.2 Å². The minimum Gasteiger partial charge on any atom is -0.486 e. The molecule has 2 heterocycles. The van der Waals surface area contributed by atoms with Gasteiger partial charge in [0.1, 0.15) is 22.7 Å². The number of ether oxygens (including phenoxy) is 2. The highest BCUT2D eigenvalue weighted by Gasteiger charge is 2.40. The molecule has 2 fully saturated rings. The zero-order valence-electron chi connectivity index (χ0n) is 29.8. The van der Waals surface area contributed by atoms with Gasteiger partial charge in [0.05, 0.1) is 25.7 Å². The summed E-state index contributed by atoms with van der Waals surface area (Å²) in [5.74, 6) is 1.63. The van der Waals surface area contributed by atoms with Crippen molar-refractivity contribution in [2.24, 2.45) is 0 Å². The molecule has 0 aromatic heterocycles. The summed E-state index contributed by atoms with van der Waals surface area (Å²) < 4.78 is 58.8. The van der Waals surface area contributed by atoms with E-state index >= 15 is 0 Å². The lowest BCUT2D eigenvalue weighted by atomic mass is 9.90. The summed E-state index contributed by atoms with van der Waals surface area (Å²) in [7, 11) is -2.14. The Morgan fingerprint density at radius 3 is 1.41 bits per heavy atom. The minimum atomic E-state index is -3.45. The molecule has 0 radical (unpaired) electrons. The molecule has 4 rings (SSSR count). The van der Waals surface area contributed by atoms with Crippen LogP contribution in [0.4, 0.5) is 0 Å². The predicted molar refractivity (Wildman–Crippen MR) is 199 cm³/mol. The third-order valence-electron chi connectivity index (χ3n) is 8.40. The fourth-order valence-electron chi connectivity index (χ4n) is 5.63. The molecule has 0 amide bonds. The van der Waals surface area contributed by atoms with E-state index in [2.05, 4.69) is 48.2 Å². The molecule has 15 heteroatoms. The topological polar surface area (TPSA) is 123 Å². The van der Waals surface area contributed by atoms with Gasteiger partial charge in [0.25, 0.3) is 10.1 Å². The van der Waals surface area contributed by atoms with Gasteiger partial charge in [-0.15, -0.1) is 0 Å². The summed E-state index contributed by atoms with van der Waals surface area (Å²) in [6.07, 6.45) is 6.02. The highest BCUT2D eigenvalue weighted by Crippen LogP contribution is 2.33. The first-order valence-corrected chi connectivity index (χ1v) is 21.4. The van der Waals surface area contributed by atoms with Crippen molar-refractivity contribution in [1.82, 2.24) is 9.80 Å². The lowest BCUT2D eigenvalue weighted by molar-refractivity contribution is -0.0469. The van der Waals surface area contributed by atoms with E-state index < -0.39 is 24.7 Å². The van der Waals surface area contributed by atoms with Crippen LogP contribution in [0, 0.1) is 0 Å². The van der Waals surface area contributed by atoms with E-state index in [1.807, 2.05) is 62.4 Å². The van der Waals surface area contributed by atoms with Gasteiger partial charge in [0, 0.05) is 44.9 Å². The second-order valence-corrected chi connectivity index (χ2v) is 20.1. The molecule has 2 aromatic carbocycles. The molecule has 10 nitrogen and oxygen atoms in total. The fourth-order valence-corrected chi connectivity index (χ4v) is 6.38. The lowest BCUT2D eigenvalue weighted by Gasteiger charge is -2.47. The quantitative estimate of drug-likeness (QED) is 0.202. The highest BCUT2D eigenvalue weighted by molar-refractivity contribution is 8.13. The van der Waals surface area contributed by atoms with Crippen LogP contribution in [0.15, 0.2) is 48.5 Å². The molecule has 49 heavy (non-hydrogen) atoms. The van der Waals surface area contributed by atoms with Gasteiger partial charge in [0.15, 0.2) is 0 Å². The third-order valence-corrected chi connectivity index (χ3v) is 9.45. The van der Waals surface area contributed by atoms with Crippen molar-refractivity contribution >= 4 is 53.1 Å². The summed E-state index contributed by atoms with van der Waals surface area (Å²) in [5, 5.41) is 10.9. The fraction of sp³-hybridized carbons (Fsp3) is 0.647. The van der Waals surface area contributed by atoms with Crippen molar-refractivity contribution in [2.75, 3.05) is 51.9 Å². The van der Waals surface area contributed by atoms with Crippen molar-refractivity contribution in [3.8, 4) is 11.5 Å². The molecular formula is C34H53Cl3N2O8S2. The van der Waals surface area contributed by atoms with E-state index in [0.717, 1.165) is 69.3 Å². The van der Waals surface area contributed by atoms with Crippen LogP contribution in [0.25, 0.3) is 0 Å². The van der Waals surface area contributed by atoms with Crippen LogP contribution >= 0.6 is 33.9 Å². The zero-order chi connectivity index (χ0) is 37.3. The molecule has 2 unspecified atom stereocenters. The maximum Gasteiger partial charge on any atom is 0.264 e. The average molecular weight is 788 g/mol. The maximum atomic E-state index is 11.3. The zero-order valence-corrected chi connectivity index (χ0v) is 33.7. The summed E-state index contributed by atoms with van der Waals surface area (Å²) in [5.41, 5.74) is -1.16. The minimum absolute atomic E-state index is 0.128. The normalized spacial score (nSPS) is 22.6. The van der Waals surface area contributed by atoms with E-state index in [-0.39, 0.29) is 30.0 Å². The van der Waals surface area contributed by atoms with Crippen LogP contribution in [0.3, 0.4) is 0 Å². The molecule has 280 valence electrons. The van der Waals surface area contributed by atoms with Crippen molar-refractivity contribution < 1.29 is 35.6 Å². The van der Waals surface area contributed by atoms with Crippen molar-refractivity contribution in [3.05, 3.63) is 58.6 Å². The van der Waals surface area contributed by atoms with E-state index in [1.54, 1.807) is 0 Å². The number of hydrogen-bond acceptors (Lipinski definition) is 10. The number of piperidine rings is 2. The second kappa shape index (κ2) is 17.9. The van der Waals surface area contributed by atoms with Crippen LogP contribution in [0.5, 0.6) is 11.5 Å². The summed E-state index contributed by atoms with van der Waals surface area (Å²) >= 11 is 11.8. The molecule has 0 spiro atoms. The smallest absolute Gasteiger partial charge is 0.264 e. The Labute approximate surface area is 308 Å². The molecule has 2 saturated heterocycles. The number of aliphatic hydroxyl groups excluding tert-OH is 1. The first kappa shape index (κ1) is 43.8. The number of halogens is 3. The Bertz CT molecular complexity index is 1530. The van der Waals surface area contributed by atoms with Crippen LogP contribution in [-0.2, 0) is 23.4 Å². The summed E-state index contributed by atoms with van der Waals surface area (Å²) in [4.78, 5) is 4.55. The number of likely N-dealkylation sites (tertiary alicyclic amines) is 2.